The second-order valence-corrected chi connectivity index (χ2v) is 7.66. The molecule has 1 saturated heterocycles. The van der Waals surface area contributed by atoms with Gasteiger partial charge in [-0.25, -0.2) is 4.98 Å². The van der Waals surface area contributed by atoms with Gasteiger partial charge in [-0.2, -0.15) is 0 Å². The van der Waals surface area contributed by atoms with Gasteiger partial charge in [0, 0.05) is 45.6 Å². The first-order valence-corrected chi connectivity index (χ1v) is 9.35. The maximum Gasteiger partial charge on any atom is 0.258 e. The third kappa shape index (κ3) is 2.96. The predicted molar refractivity (Wildman–Crippen MR) is 99.4 cm³/mol. The standard InChI is InChI=1S/C20H27N3O3/c1-14-5-8-23-18(10-14)21-15(11-19(23)24)13-22-9-7-20(26-3)6-4-16(25-2)12-17(20)22/h5,8,10-11,16-17H,4,6-7,9,12-13H2,1-3H3/t16-,17+,20-/m1/s1. The number of aromatic nitrogens is 2. The lowest BCUT2D eigenvalue weighted by Gasteiger charge is -2.43. The van der Waals surface area contributed by atoms with Crippen LogP contribution in [-0.2, 0) is 16.0 Å². The van der Waals surface area contributed by atoms with E-state index in [4.69, 9.17) is 14.5 Å². The molecule has 0 unspecified atom stereocenters. The lowest BCUT2D eigenvalue weighted by molar-refractivity contribution is -0.0948. The first-order valence-electron chi connectivity index (χ1n) is 9.35. The van der Waals surface area contributed by atoms with Crippen molar-refractivity contribution in [3.8, 4) is 0 Å². The lowest BCUT2D eigenvalue weighted by Crippen LogP contribution is -2.51. The molecule has 6 heteroatoms. The van der Waals surface area contributed by atoms with Crippen LogP contribution < -0.4 is 5.56 Å². The van der Waals surface area contributed by atoms with Crippen LogP contribution in [0.2, 0.25) is 0 Å². The number of pyridine rings is 1. The van der Waals surface area contributed by atoms with Crippen molar-refractivity contribution in [3.05, 3.63) is 46.0 Å². The molecule has 3 heterocycles. The number of nitrogens with zero attached hydrogens (tertiary/aromatic N) is 3. The number of methoxy groups -OCH3 is 2. The summed E-state index contributed by atoms with van der Waals surface area (Å²) in [4.78, 5) is 19.6. The highest BCUT2D eigenvalue weighted by molar-refractivity contribution is 5.41. The summed E-state index contributed by atoms with van der Waals surface area (Å²) in [5.41, 5.74) is 2.52. The summed E-state index contributed by atoms with van der Waals surface area (Å²) in [6, 6.07) is 5.85. The number of fused-ring (bicyclic) bond motifs is 2. The van der Waals surface area contributed by atoms with Gasteiger partial charge in [0.15, 0.2) is 0 Å². The van der Waals surface area contributed by atoms with Crippen molar-refractivity contribution >= 4 is 5.65 Å². The highest BCUT2D eigenvalue weighted by Crippen LogP contribution is 2.43. The molecule has 6 nitrogen and oxygen atoms in total. The van der Waals surface area contributed by atoms with E-state index in [9.17, 15) is 4.79 Å². The van der Waals surface area contributed by atoms with Gasteiger partial charge in [-0.3, -0.25) is 14.1 Å². The summed E-state index contributed by atoms with van der Waals surface area (Å²) in [5.74, 6) is 0. The van der Waals surface area contributed by atoms with Crippen LogP contribution in [0.1, 0.15) is 36.9 Å². The van der Waals surface area contributed by atoms with E-state index in [1.807, 2.05) is 26.2 Å². The average molecular weight is 357 g/mol. The minimum absolute atomic E-state index is 0.0272. The molecule has 0 amide bonds. The van der Waals surface area contributed by atoms with E-state index < -0.39 is 0 Å². The number of likely N-dealkylation sites (tertiary alicyclic amines) is 1. The highest BCUT2D eigenvalue weighted by atomic mass is 16.5. The average Bonchev–Trinajstić information content (AvgIpc) is 2.99. The smallest absolute Gasteiger partial charge is 0.258 e. The Balaban J connectivity index is 1.62. The van der Waals surface area contributed by atoms with E-state index in [0.29, 0.717) is 18.2 Å². The number of aryl methyl sites for hydroxylation is 1. The molecule has 0 radical (unpaired) electrons. The molecule has 1 aliphatic carbocycles. The Morgan fingerprint density at radius 2 is 2.15 bits per heavy atom. The zero-order valence-corrected chi connectivity index (χ0v) is 15.8. The largest absolute Gasteiger partial charge is 0.381 e. The van der Waals surface area contributed by atoms with Crippen LogP contribution in [0, 0.1) is 6.92 Å². The molecule has 1 aliphatic heterocycles. The quantitative estimate of drug-likeness (QED) is 0.839. The van der Waals surface area contributed by atoms with Crippen LogP contribution in [0.5, 0.6) is 0 Å². The number of hydrogen-bond acceptors (Lipinski definition) is 5. The molecule has 0 spiro atoms. The van der Waals surface area contributed by atoms with Gasteiger partial charge in [0.05, 0.1) is 17.4 Å². The first kappa shape index (κ1) is 17.6. The number of hydrogen-bond donors (Lipinski definition) is 0. The molecule has 0 aromatic carbocycles. The summed E-state index contributed by atoms with van der Waals surface area (Å²) in [6.45, 7) is 3.65. The molecular weight excluding hydrogens is 330 g/mol. The third-order valence-electron chi connectivity index (χ3n) is 6.23. The van der Waals surface area contributed by atoms with Crippen LogP contribution in [0.25, 0.3) is 5.65 Å². The Hall–Kier alpha value is -1.76. The fourth-order valence-corrected chi connectivity index (χ4v) is 4.70. The fraction of sp³-hybridized carbons (Fsp3) is 0.600. The molecule has 2 aromatic rings. The van der Waals surface area contributed by atoms with Gasteiger partial charge >= 0.3 is 0 Å². The second-order valence-electron chi connectivity index (χ2n) is 7.66. The zero-order valence-electron chi connectivity index (χ0n) is 15.8. The highest BCUT2D eigenvalue weighted by Gasteiger charge is 2.51. The molecule has 3 atom stereocenters. The van der Waals surface area contributed by atoms with Gasteiger partial charge in [0.2, 0.25) is 0 Å². The normalized spacial score (nSPS) is 29.2. The van der Waals surface area contributed by atoms with Crippen molar-refractivity contribution in [2.75, 3.05) is 20.8 Å². The molecule has 2 aliphatic rings. The Morgan fingerprint density at radius 1 is 1.31 bits per heavy atom. The van der Waals surface area contributed by atoms with Gasteiger partial charge in [-0.1, -0.05) is 0 Å². The minimum Gasteiger partial charge on any atom is -0.381 e. The Kier molecular flexibility index (Phi) is 4.59. The molecule has 4 rings (SSSR count). The van der Waals surface area contributed by atoms with Gasteiger partial charge in [-0.05, 0) is 50.3 Å². The van der Waals surface area contributed by atoms with Crippen LogP contribution in [0.15, 0.2) is 29.2 Å². The van der Waals surface area contributed by atoms with Crippen molar-refractivity contribution in [2.45, 2.75) is 56.9 Å². The van der Waals surface area contributed by atoms with Crippen molar-refractivity contribution in [2.24, 2.45) is 0 Å². The third-order valence-corrected chi connectivity index (χ3v) is 6.23. The summed E-state index contributed by atoms with van der Waals surface area (Å²) in [7, 11) is 3.62. The van der Waals surface area contributed by atoms with E-state index in [2.05, 4.69) is 4.90 Å². The molecule has 2 fully saturated rings. The summed E-state index contributed by atoms with van der Waals surface area (Å²) in [6.07, 6.45) is 6.13. The SMILES string of the molecule is CO[C@@H]1CC[C@@]2(OC)CCN(Cc3cc(=O)n4ccc(C)cc4n3)[C@H]2C1. The molecule has 1 saturated carbocycles. The first-order chi connectivity index (χ1) is 12.5. The maximum absolute atomic E-state index is 12.4. The molecule has 0 bridgehead atoms. The Bertz CT molecular complexity index is 865. The fourth-order valence-electron chi connectivity index (χ4n) is 4.70. The topological polar surface area (TPSA) is 56.1 Å². The molecular formula is C20H27N3O3. The summed E-state index contributed by atoms with van der Waals surface area (Å²) < 4.78 is 13.2. The van der Waals surface area contributed by atoms with Crippen molar-refractivity contribution < 1.29 is 9.47 Å². The van der Waals surface area contributed by atoms with Crippen molar-refractivity contribution in [1.82, 2.24) is 14.3 Å². The molecule has 26 heavy (non-hydrogen) atoms. The Morgan fingerprint density at radius 3 is 2.92 bits per heavy atom. The maximum atomic E-state index is 12.4. The predicted octanol–water partition coefficient (Wildman–Crippen LogP) is 2.16. The molecule has 0 N–H and O–H groups in total. The van der Waals surface area contributed by atoms with Gasteiger partial charge in [-0.15, -0.1) is 0 Å². The van der Waals surface area contributed by atoms with E-state index in [0.717, 1.165) is 43.5 Å². The molecule has 140 valence electrons. The molecule has 2 aromatic heterocycles. The second kappa shape index (κ2) is 6.76. The van der Waals surface area contributed by atoms with Crippen molar-refractivity contribution in [3.63, 3.8) is 0 Å². The minimum atomic E-state index is -0.0858. The van der Waals surface area contributed by atoms with Gasteiger partial charge in [0.1, 0.15) is 5.65 Å². The Labute approximate surface area is 153 Å². The van der Waals surface area contributed by atoms with Gasteiger partial charge < -0.3 is 9.47 Å². The van der Waals surface area contributed by atoms with Crippen LogP contribution in [-0.4, -0.2) is 52.8 Å². The van der Waals surface area contributed by atoms with Gasteiger partial charge in [0.25, 0.3) is 5.56 Å². The number of rotatable bonds is 4. The van der Waals surface area contributed by atoms with E-state index in [-0.39, 0.29) is 17.3 Å². The van der Waals surface area contributed by atoms with Crippen LogP contribution >= 0.6 is 0 Å². The van der Waals surface area contributed by atoms with Crippen molar-refractivity contribution in [1.29, 1.82) is 0 Å². The lowest BCUT2D eigenvalue weighted by atomic mass is 9.79. The van der Waals surface area contributed by atoms with Crippen LogP contribution in [0.4, 0.5) is 0 Å². The zero-order chi connectivity index (χ0) is 18.3. The summed E-state index contributed by atoms with van der Waals surface area (Å²) >= 11 is 0. The van der Waals surface area contributed by atoms with E-state index >= 15 is 0 Å². The summed E-state index contributed by atoms with van der Waals surface area (Å²) in [5, 5.41) is 0. The van der Waals surface area contributed by atoms with E-state index in [1.54, 1.807) is 23.8 Å². The number of ether oxygens (including phenoxy) is 2. The van der Waals surface area contributed by atoms with E-state index in [1.165, 1.54) is 0 Å². The monoisotopic (exact) mass is 357 g/mol. The van der Waals surface area contributed by atoms with Crippen LogP contribution in [0.3, 0.4) is 0 Å².